The number of aromatic nitrogens is 3. The number of halogens is 1. The first-order chi connectivity index (χ1) is 11.6. The van der Waals surface area contributed by atoms with E-state index in [4.69, 9.17) is 0 Å². The molecule has 122 valence electrons. The van der Waals surface area contributed by atoms with E-state index in [-0.39, 0.29) is 11.9 Å². The number of hydrogen-bond acceptors (Lipinski definition) is 3. The number of amides is 1. The molecule has 0 saturated heterocycles. The van der Waals surface area contributed by atoms with Crippen LogP contribution in [0.5, 0.6) is 0 Å². The zero-order chi connectivity index (χ0) is 16.8. The van der Waals surface area contributed by atoms with E-state index in [0.717, 1.165) is 38.7 Å². The molecule has 3 heterocycles. The lowest BCUT2D eigenvalue weighted by Gasteiger charge is -2.34. The molecule has 0 saturated carbocycles. The van der Waals surface area contributed by atoms with Crippen molar-refractivity contribution in [1.29, 1.82) is 0 Å². The van der Waals surface area contributed by atoms with Crippen LogP contribution in [0.15, 0.2) is 34.9 Å². The van der Waals surface area contributed by atoms with Crippen LogP contribution in [0.4, 0.5) is 0 Å². The fourth-order valence-electron chi connectivity index (χ4n) is 3.33. The summed E-state index contributed by atoms with van der Waals surface area (Å²) in [6.07, 6.45) is 2.58. The lowest BCUT2D eigenvalue weighted by molar-refractivity contribution is 0.0665. The van der Waals surface area contributed by atoms with Crippen molar-refractivity contribution < 1.29 is 4.79 Å². The number of nitrogens with one attached hydrogen (secondary N) is 1. The average molecular weight is 385 g/mol. The third-order valence-electron chi connectivity index (χ3n) is 4.74. The van der Waals surface area contributed by atoms with E-state index in [1.54, 1.807) is 0 Å². The first-order valence-electron chi connectivity index (χ1n) is 7.96. The monoisotopic (exact) mass is 384 g/mol. The number of H-pyrrole nitrogens is 1. The summed E-state index contributed by atoms with van der Waals surface area (Å²) in [4.78, 5) is 27.0. The van der Waals surface area contributed by atoms with Crippen LogP contribution in [0, 0.1) is 6.92 Å². The molecule has 24 heavy (non-hydrogen) atoms. The maximum atomic E-state index is 13.0. The molecule has 0 unspecified atom stereocenters. The summed E-state index contributed by atoms with van der Waals surface area (Å²) in [5.74, 6) is 0.328. The van der Waals surface area contributed by atoms with Crippen molar-refractivity contribution in [3.8, 4) is 0 Å². The molecule has 4 rings (SSSR count). The summed E-state index contributed by atoms with van der Waals surface area (Å²) in [7, 11) is 0. The number of rotatable bonds is 1. The average Bonchev–Trinajstić information content (AvgIpc) is 3.03. The van der Waals surface area contributed by atoms with Crippen LogP contribution in [0.3, 0.4) is 0 Å². The van der Waals surface area contributed by atoms with E-state index in [0.29, 0.717) is 12.4 Å². The van der Waals surface area contributed by atoms with E-state index in [1.165, 1.54) is 0 Å². The Morgan fingerprint density at radius 3 is 3.04 bits per heavy atom. The molecular formula is C18H17BrN4O. The van der Waals surface area contributed by atoms with E-state index >= 15 is 0 Å². The Bertz CT molecular complexity index is 949. The zero-order valence-corrected chi connectivity index (χ0v) is 15.1. The minimum atomic E-state index is -0.0660. The smallest absolute Gasteiger partial charge is 0.290 e. The molecule has 1 atom stereocenters. The van der Waals surface area contributed by atoms with E-state index < -0.39 is 0 Å². The number of aryl methyl sites for hydroxylation is 1. The predicted molar refractivity (Wildman–Crippen MR) is 95.9 cm³/mol. The third kappa shape index (κ3) is 2.33. The number of nitrogens with zero attached hydrogens (tertiary/aromatic N) is 3. The highest BCUT2D eigenvalue weighted by Crippen LogP contribution is 2.30. The number of benzene rings is 1. The number of fused-ring (bicyclic) bond motifs is 2. The van der Waals surface area contributed by atoms with Gasteiger partial charge in [0.15, 0.2) is 5.82 Å². The first-order valence-corrected chi connectivity index (χ1v) is 8.75. The Morgan fingerprint density at radius 1 is 1.38 bits per heavy atom. The van der Waals surface area contributed by atoms with Crippen LogP contribution in [0.2, 0.25) is 0 Å². The second-order valence-electron chi connectivity index (χ2n) is 6.12. The Kier molecular flexibility index (Phi) is 3.64. The third-order valence-corrected chi connectivity index (χ3v) is 5.60. The molecule has 1 aromatic carbocycles. The first kappa shape index (κ1) is 15.3. The number of carbonyl (C=O) groups is 1. The summed E-state index contributed by atoms with van der Waals surface area (Å²) in [6.45, 7) is 4.69. The number of hydrogen-bond donors (Lipinski definition) is 1. The predicted octanol–water partition coefficient (Wildman–Crippen LogP) is 3.79. The standard InChI is InChI=1S/C18H17BrN4O/c1-10-13(19)5-6-15-16(10)22-17(21-15)18(24)23-9-7-14-12(11(23)2)4-3-8-20-14/h3-6,8,11H,7,9H2,1-2H3,(H,21,22)/t11-/m1/s1. The number of carbonyl (C=O) groups excluding carboxylic acids is 1. The van der Waals surface area contributed by atoms with Crippen molar-refractivity contribution >= 4 is 32.9 Å². The van der Waals surface area contributed by atoms with Crippen LogP contribution >= 0.6 is 15.9 Å². The summed E-state index contributed by atoms with van der Waals surface area (Å²) >= 11 is 3.51. The van der Waals surface area contributed by atoms with E-state index in [2.05, 4.69) is 30.9 Å². The number of aromatic amines is 1. The van der Waals surface area contributed by atoms with Crippen molar-refractivity contribution in [1.82, 2.24) is 19.9 Å². The van der Waals surface area contributed by atoms with Gasteiger partial charge in [0.05, 0.1) is 17.1 Å². The quantitative estimate of drug-likeness (QED) is 0.694. The molecule has 0 fully saturated rings. The molecule has 5 nitrogen and oxygen atoms in total. The topological polar surface area (TPSA) is 61.9 Å². The van der Waals surface area contributed by atoms with Crippen LogP contribution in [-0.2, 0) is 6.42 Å². The van der Waals surface area contributed by atoms with Gasteiger partial charge in [-0.2, -0.15) is 0 Å². The second-order valence-corrected chi connectivity index (χ2v) is 6.97. The Morgan fingerprint density at radius 2 is 2.21 bits per heavy atom. The number of imidazole rings is 1. The molecule has 2 aromatic heterocycles. The molecule has 1 amide bonds. The molecule has 1 N–H and O–H groups in total. The van der Waals surface area contributed by atoms with Crippen LogP contribution in [-0.4, -0.2) is 32.3 Å². The largest absolute Gasteiger partial charge is 0.334 e. The Balaban J connectivity index is 1.71. The molecule has 0 spiro atoms. The molecule has 1 aliphatic heterocycles. The van der Waals surface area contributed by atoms with Crippen LogP contribution < -0.4 is 0 Å². The van der Waals surface area contributed by atoms with Gasteiger partial charge in [0.25, 0.3) is 5.91 Å². The minimum Gasteiger partial charge on any atom is -0.334 e. The van der Waals surface area contributed by atoms with Gasteiger partial charge in [-0.25, -0.2) is 4.98 Å². The second kappa shape index (κ2) is 5.70. The van der Waals surface area contributed by atoms with Crippen molar-refractivity contribution in [2.45, 2.75) is 26.3 Å². The van der Waals surface area contributed by atoms with Gasteiger partial charge in [-0.15, -0.1) is 0 Å². The molecule has 6 heteroatoms. The zero-order valence-electron chi connectivity index (χ0n) is 13.5. The van der Waals surface area contributed by atoms with Gasteiger partial charge in [0.1, 0.15) is 0 Å². The maximum absolute atomic E-state index is 13.0. The highest BCUT2D eigenvalue weighted by molar-refractivity contribution is 9.10. The summed E-state index contributed by atoms with van der Waals surface area (Å²) < 4.78 is 0.992. The van der Waals surface area contributed by atoms with Gasteiger partial charge in [-0.05, 0) is 43.2 Å². The fraction of sp³-hybridized carbons (Fsp3) is 0.278. The molecule has 0 radical (unpaired) electrons. The normalized spacial score (nSPS) is 17.1. The van der Waals surface area contributed by atoms with Gasteiger partial charge in [-0.1, -0.05) is 22.0 Å². The fourth-order valence-corrected chi connectivity index (χ4v) is 3.65. The van der Waals surface area contributed by atoms with Crippen molar-refractivity contribution in [2.24, 2.45) is 0 Å². The number of pyridine rings is 1. The lowest BCUT2D eigenvalue weighted by Crippen LogP contribution is -2.39. The lowest BCUT2D eigenvalue weighted by atomic mass is 9.98. The maximum Gasteiger partial charge on any atom is 0.290 e. The molecule has 0 aliphatic carbocycles. The van der Waals surface area contributed by atoms with Gasteiger partial charge >= 0.3 is 0 Å². The SMILES string of the molecule is Cc1c(Br)ccc2[nH]c(C(=O)N3CCc4ncccc4[C@H]3C)nc12. The minimum absolute atomic E-state index is 0.00371. The Hall–Kier alpha value is -2.21. The molecular weight excluding hydrogens is 368 g/mol. The molecule has 0 bridgehead atoms. The summed E-state index contributed by atoms with van der Waals surface area (Å²) in [6, 6.07) is 7.87. The van der Waals surface area contributed by atoms with Crippen molar-refractivity contribution in [2.75, 3.05) is 6.54 Å². The van der Waals surface area contributed by atoms with Crippen LogP contribution in [0.25, 0.3) is 11.0 Å². The summed E-state index contributed by atoms with van der Waals surface area (Å²) in [5, 5.41) is 0. The summed E-state index contributed by atoms with van der Waals surface area (Å²) in [5.41, 5.74) is 4.94. The molecule has 3 aromatic rings. The van der Waals surface area contributed by atoms with E-state index in [1.807, 2.05) is 49.2 Å². The van der Waals surface area contributed by atoms with E-state index in [9.17, 15) is 4.79 Å². The van der Waals surface area contributed by atoms with Gasteiger partial charge in [-0.3, -0.25) is 9.78 Å². The van der Waals surface area contributed by atoms with Crippen molar-refractivity contribution in [3.63, 3.8) is 0 Å². The Labute approximate surface area is 148 Å². The van der Waals surface area contributed by atoms with Crippen LogP contribution in [0.1, 0.15) is 40.4 Å². The van der Waals surface area contributed by atoms with Gasteiger partial charge < -0.3 is 9.88 Å². The highest BCUT2D eigenvalue weighted by atomic mass is 79.9. The highest BCUT2D eigenvalue weighted by Gasteiger charge is 2.30. The molecule has 1 aliphatic rings. The van der Waals surface area contributed by atoms with Gasteiger partial charge in [0.2, 0.25) is 0 Å². The van der Waals surface area contributed by atoms with Crippen molar-refractivity contribution in [3.05, 3.63) is 57.6 Å². The van der Waals surface area contributed by atoms with Gasteiger partial charge in [0, 0.05) is 29.3 Å².